The van der Waals surface area contributed by atoms with Crippen LogP contribution in [0.5, 0.6) is 0 Å². The average Bonchev–Trinajstić information content (AvgIpc) is 2.78. The van der Waals surface area contributed by atoms with Gasteiger partial charge in [0.25, 0.3) is 0 Å². The minimum atomic E-state index is -0.0851. The van der Waals surface area contributed by atoms with Crippen molar-refractivity contribution in [2.24, 2.45) is 0 Å². The van der Waals surface area contributed by atoms with E-state index < -0.39 is 0 Å². The van der Waals surface area contributed by atoms with Gasteiger partial charge in [0, 0.05) is 16.8 Å². The van der Waals surface area contributed by atoms with E-state index in [4.69, 9.17) is 23.2 Å². The molecule has 2 unspecified atom stereocenters. The van der Waals surface area contributed by atoms with Crippen molar-refractivity contribution in [3.05, 3.63) is 29.0 Å². The van der Waals surface area contributed by atoms with Crippen LogP contribution in [0.25, 0.3) is 11.0 Å². The first kappa shape index (κ1) is 13.6. The molecule has 2 atom stereocenters. The van der Waals surface area contributed by atoms with Gasteiger partial charge in [-0.1, -0.05) is 11.6 Å². The number of halogens is 2. The maximum absolute atomic E-state index is 6.32. The van der Waals surface area contributed by atoms with Gasteiger partial charge in [0.1, 0.15) is 5.82 Å². The van der Waals surface area contributed by atoms with Crippen molar-refractivity contribution in [2.45, 2.75) is 31.2 Å². The van der Waals surface area contributed by atoms with Gasteiger partial charge in [-0.15, -0.1) is 11.6 Å². The highest BCUT2D eigenvalue weighted by atomic mass is 35.5. The van der Waals surface area contributed by atoms with Gasteiger partial charge < -0.3 is 4.57 Å². The minimum absolute atomic E-state index is 0.0851. The average molecular weight is 315 g/mol. The number of fused-ring (bicyclic) bond motifs is 1. The fraction of sp³-hybridized carbons (Fsp3) is 0.500. The zero-order valence-corrected chi connectivity index (χ0v) is 13.1. The Bertz CT molecular complexity index is 588. The summed E-state index contributed by atoms with van der Waals surface area (Å²) in [5, 5.41) is 0.641. The van der Waals surface area contributed by atoms with E-state index in [2.05, 4.69) is 15.6 Å². The maximum Gasteiger partial charge on any atom is 0.127 e. The summed E-state index contributed by atoms with van der Waals surface area (Å²) < 4.78 is 2.33. The van der Waals surface area contributed by atoms with Crippen LogP contribution in [0.1, 0.15) is 37.0 Å². The molecule has 0 saturated carbocycles. The van der Waals surface area contributed by atoms with E-state index in [0.717, 1.165) is 27.6 Å². The van der Waals surface area contributed by atoms with E-state index >= 15 is 0 Å². The van der Waals surface area contributed by atoms with E-state index in [0.29, 0.717) is 6.04 Å². The van der Waals surface area contributed by atoms with Crippen molar-refractivity contribution in [3.63, 3.8) is 0 Å². The molecule has 0 amide bonds. The number of nitrogens with zero attached hydrogens (tertiary/aromatic N) is 2. The van der Waals surface area contributed by atoms with Crippen LogP contribution in [-0.4, -0.2) is 21.1 Å². The van der Waals surface area contributed by atoms with Crippen molar-refractivity contribution in [2.75, 3.05) is 11.5 Å². The van der Waals surface area contributed by atoms with Gasteiger partial charge in [0.15, 0.2) is 0 Å². The van der Waals surface area contributed by atoms with Crippen molar-refractivity contribution in [1.82, 2.24) is 9.55 Å². The van der Waals surface area contributed by atoms with Crippen LogP contribution in [0, 0.1) is 0 Å². The molecular formula is C14H16Cl2N2S. The predicted molar refractivity (Wildman–Crippen MR) is 84.6 cm³/mol. The Labute approximate surface area is 127 Å². The van der Waals surface area contributed by atoms with Crippen LogP contribution in [0.2, 0.25) is 5.02 Å². The van der Waals surface area contributed by atoms with Gasteiger partial charge in [0.05, 0.1) is 16.4 Å². The van der Waals surface area contributed by atoms with Crippen LogP contribution >= 0.6 is 35.0 Å². The van der Waals surface area contributed by atoms with Gasteiger partial charge in [-0.3, -0.25) is 0 Å². The third kappa shape index (κ3) is 2.61. The topological polar surface area (TPSA) is 17.8 Å². The monoisotopic (exact) mass is 314 g/mol. The van der Waals surface area contributed by atoms with Crippen LogP contribution in [0.3, 0.4) is 0 Å². The molecule has 0 aliphatic carbocycles. The highest BCUT2D eigenvalue weighted by Gasteiger charge is 2.23. The van der Waals surface area contributed by atoms with Crippen LogP contribution in [0.4, 0.5) is 0 Å². The lowest BCUT2D eigenvalue weighted by atomic mass is 10.1. The number of imidazole rings is 1. The maximum atomic E-state index is 6.32. The number of aromatic nitrogens is 2. The van der Waals surface area contributed by atoms with E-state index in [1.807, 2.05) is 30.8 Å². The largest absolute Gasteiger partial charge is 0.323 e. The van der Waals surface area contributed by atoms with E-state index in [-0.39, 0.29) is 5.38 Å². The molecule has 1 aromatic heterocycles. The van der Waals surface area contributed by atoms with E-state index in [1.54, 1.807) is 0 Å². The third-order valence-corrected chi connectivity index (χ3v) is 5.16. The summed E-state index contributed by atoms with van der Waals surface area (Å²) in [5.41, 5.74) is 2.10. The van der Waals surface area contributed by atoms with Crippen molar-refractivity contribution in [1.29, 1.82) is 0 Å². The standard InChI is InChI=1S/C14H16Cl2N2S/c1-9(15)14-17-12-7-10(16)4-5-13(12)18(14)11-3-2-6-19-8-11/h4-5,7,9,11H,2-3,6,8H2,1H3. The quantitative estimate of drug-likeness (QED) is 0.721. The third-order valence-electron chi connectivity index (χ3n) is 3.54. The summed E-state index contributed by atoms with van der Waals surface area (Å²) in [6, 6.07) is 6.42. The molecule has 1 aromatic carbocycles. The number of benzene rings is 1. The van der Waals surface area contributed by atoms with Gasteiger partial charge in [-0.2, -0.15) is 11.8 Å². The van der Waals surface area contributed by atoms with E-state index in [1.165, 1.54) is 18.6 Å². The molecule has 0 spiro atoms. The lowest BCUT2D eigenvalue weighted by Gasteiger charge is -2.25. The number of rotatable bonds is 2. The molecule has 102 valence electrons. The molecular weight excluding hydrogens is 299 g/mol. The number of hydrogen-bond acceptors (Lipinski definition) is 2. The molecule has 0 N–H and O–H groups in total. The SMILES string of the molecule is CC(Cl)c1nc2cc(Cl)ccc2n1C1CCCSC1. The molecule has 1 fully saturated rings. The summed E-state index contributed by atoms with van der Waals surface area (Å²) in [6.07, 6.45) is 2.47. The van der Waals surface area contributed by atoms with Gasteiger partial charge in [0.2, 0.25) is 0 Å². The lowest BCUT2D eigenvalue weighted by molar-refractivity contribution is 0.493. The number of alkyl halides is 1. The molecule has 1 saturated heterocycles. The fourth-order valence-electron chi connectivity index (χ4n) is 2.68. The van der Waals surface area contributed by atoms with E-state index in [9.17, 15) is 0 Å². The first-order valence-corrected chi connectivity index (χ1v) is 8.53. The summed E-state index contributed by atoms with van der Waals surface area (Å²) in [7, 11) is 0. The van der Waals surface area contributed by atoms with Gasteiger partial charge in [-0.25, -0.2) is 4.98 Å². The first-order valence-electron chi connectivity index (χ1n) is 6.56. The summed E-state index contributed by atoms with van der Waals surface area (Å²) in [5.74, 6) is 3.37. The number of thioether (sulfide) groups is 1. The molecule has 0 radical (unpaired) electrons. The van der Waals surface area contributed by atoms with Crippen LogP contribution in [0.15, 0.2) is 18.2 Å². The Hall–Kier alpha value is -0.380. The molecule has 1 aliphatic heterocycles. The highest BCUT2D eigenvalue weighted by molar-refractivity contribution is 7.99. The molecule has 19 heavy (non-hydrogen) atoms. The zero-order valence-electron chi connectivity index (χ0n) is 10.8. The Balaban J connectivity index is 2.15. The molecule has 2 heterocycles. The van der Waals surface area contributed by atoms with Crippen LogP contribution < -0.4 is 0 Å². The lowest BCUT2D eigenvalue weighted by Crippen LogP contribution is -2.18. The normalized spacial score (nSPS) is 21.7. The minimum Gasteiger partial charge on any atom is -0.323 e. The Kier molecular flexibility index (Phi) is 3.97. The summed E-state index contributed by atoms with van der Waals surface area (Å²) >= 11 is 14.4. The molecule has 2 aromatic rings. The highest BCUT2D eigenvalue weighted by Crippen LogP contribution is 2.35. The molecule has 1 aliphatic rings. The van der Waals surface area contributed by atoms with Crippen molar-refractivity contribution < 1.29 is 0 Å². The molecule has 0 bridgehead atoms. The smallest absolute Gasteiger partial charge is 0.127 e. The Morgan fingerprint density at radius 2 is 2.32 bits per heavy atom. The second kappa shape index (κ2) is 5.55. The Morgan fingerprint density at radius 3 is 3.00 bits per heavy atom. The van der Waals surface area contributed by atoms with Gasteiger partial charge in [-0.05, 0) is 43.7 Å². The van der Waals surface area contributed by atoms with Crippen LogP contribution in [-0.2, 0) is 0 Å². The fourth-order valence-corrected chi connectivity index (χ4v) is 4.13. The summed E-state index contributed by atoms with van der Waals surface area (Å²) in [6.45, 7) is 1.98. The second-order valence-electron chi connectivity index (χ2n) is 4.96. The second-order valence-corrected chi connectivity index (χ2v) is 7.20. The van der Waals surface area contributed by atoms with Crippen molar-refractivity contribution >= 4 is 46.0 Å². The summed E-state index contributed by atoms with van der Waals surface area (Å²) in [4.78, 5) is 4.69. The first-order chi connectivity index (χ1) is 9.16. The predicted octanol–water partition coefficient (Wildman–Crippen LogP) is 5.06. The number of hydrogen-bond donors (Lipinski definition) is 0. The molecule has 2 nitrogen and oxygen atoms in total. The Morgan fingerprint density at radius 1 is 1.47 bits per heavy atom. The van der Waals surface area contributed by atoms with Gasteiger partial charge >= 0.3 is 0 Å². The molecule has 5 heteroatoms. The zero-order chi connectivity index (χ0) is 13.4. The molecule has 3 rings (SSSR count). The van der Waals surface area contributed by atoms with Crippen molar-refractivity contribution in [3.8, 4) is 0 Å².